The summed E-state index contributed by atoms with van der Waals surface area (Å²) in [5.74, 6) is 0.660. The third kappa shape index (κ3) is 7.35. The number of morpholine rings is 1. The van der Waals surface area contributed by atoms with Crippen LogP contribution in [0.5, 0.6) is 0 Å². The second-order valence-electron chi connectivity index (χ2n) is 13.1. The number of hydrogen-bond donors (Lipinski definition) is 3. The van der Waals surface area contributed by atoms with Gasteiger partial charge in [0.05, 0.1) is 25.1 Å². The van der Waals surface area contributed by atoms with Crippen LogP contribution in [0.15, 0.2) is 54.9 Å². The van der Waals surface area contributed by atoms with Crippen LogP contribution < -0.4 is 26.2 Å². The van der Waals surface area contributed by atoms with E-state index in [-0.39, 0.29) is 11.5 Å². The number of nitrogens with one attached hydrogen (secondary N) is 2. The zero-order valence-corrected chi connectivity index (χ0v) is 27.2. The number of nitrogen functional groups attached to an aromatic ring is 1. The van der Waals surface area contributed by atoms with Crippen LogP contribution >= 0.6 is 0 Å². The summed E-state index contributed by atoms with van der Waals surface area (Å²) in [4.78, 5) is 49.0. The highest BCUT2D eigenvalue weighted by Crippen LogP contribution is 2.32. The minimum Gasteiger partial charge on any atom is -0.444 e. The molecule has 0 spiro atoms. The summed E-state index contributed by atoms with van der Waals surface area (Å²) in [6.45, 7) is 11.5. The van der Waals surface area contributed by atoms with Gasteiger partial charge in [-0.3, -0.25) is 4.79 Å². The average molecular weight is 640 g/mol. The number of alkyl carbamates (subject to hydrolysis) is 1. The quantitative estimate of drug-likeness (QED) is 0.270. The zero-order chi connectivity index (χ0) is 33.2. The molecule has 2 aliphatic rings. The van der Waals surface area contributed by atoms with Crippen LogP contribution in [0.2, 0.25) is 0 Å². The van der Waals surface area contributed by atoms with Crippen molar-refractivity contribution in [2.24, 2.45) is 0 Å². The molecule has 0 saturated carbocycles. The highest BCUT2D eigenvalue weighted by Gasteiger charge is 2.34. The van der Waals surface area contributed by atoms with Gasteiger partial charge in [-0.1, -0.05) is 24.3 Å². The number of carbonyl (C=O) groups is 2. The number of ether oxygens (including phenoxy) is 2. The number of nitrogens with two attached hydrogens (primary N) is 1. The fourth-order valence-electron chi connectivity index (χ4n) is 5.85. The molecule has 4 aromatic rings. The van der Waals surface area contributed by atoms with E-state index in [1.54, 1.807) is 12.4 Å². The number of rotatable bonds is 6. The first kappa shape index (κ1) is 31.9. The molecule has 0 unspecified atom stereocenters. The molecule has 2 saturated heterocycles. The van der Waals surface area contributed by atoms with Gasteiger partial charge < -0.3 is 35.6 Å². The standard InChI is InChI=1S/C34H41N9O4/c1-33(2,3)47-32(45)41-34(4)11-14-42(15-12-34)25-10-7-13-36-30(25)40-31(44)28-29(35)37-21-24(38-28)27-23-9-6-5-8-22(23)20-26(39-27)43-16-18-46-19-17-43/h5-10,13,20-21H,11-12,14-19H2,1-4H3,(H2,35,37)(H,41,45)(H,36,40,44). The van der Waals surface area contributed by atoms with Crippen LogP contribution in [0.3, 0.4) is 0 Å². The molecule has 2 amide bonds. The molecule has 13 heteroatoms. The smallest absolute Gasteiger partial charge is 0.408 e. The van der Waals surface area contributed by atoms with E-state index < -0.39 is 23.1 Å². The Hall–Kier alpha value is -5.04. The van der Waals surface area contributed by atoms with Gasteiger partial charge in [0.2, 0.25) is 0 Å². The molecule has 6 rings (SSSR count). The Kier molecular flexibility index (Phi) is 8.82. The van der Waals surface area contributed by atoms with E-state index in [1.807, 2.05) is 64.1 Å². The van der Waals surface area contributed by atoms with Crippen LogP contribution in [0.1, 0.15) is 51.0 Å². The van der Waals surface area contributed by atoms with Crippen molar-refractivity contribution in [2.45, 2.75) is 51.7 Å². The summed E-state index contributed by atoms with van der Waals surface area (Å²) in [5.41, 5.74) is 7.00. The number of nitrogens with zero attached hydrogens (tertiary/aromatic N) is 6. The Labute approximate surface area is 273 Å². The normalized spacial score (nSPS) is 16.5. The van der Waals surface area contributed by atoms with Crippen molar-refractivity contribution in [2.75, 3.05) is 60.2 Å². The summed E-state index contributed by atoms with van der Waals surface area (Å²) in [6.07, 6.45) is 4.10. The fourth-order valence-corrected chi connectivity index (χ4v) is 5.85. The Morgan fingerprint density at radius 3 is 2.47 bits per heavy atom. The Balaban J connectivity index is 1.22. The predicted octanol–water partition coefficient (Wildman–Crippen LogP) is 4.64. The number of benzene rings is 1. The summed E-state index contributed by atoms with van der Waals surface area (Å²) >= 11 is 0. The van der Waals surface area contributed by atoms with Crippen molar-refractivity contribution in [3.63, 3.8) is 0 Å². The van der Waals surface area contributed by atoms with Gasteiger partial charge in [-0.2, -0.15) is 0 Å². The number of carbonyl (C=O) groups excluding carboxylic acids is 2. The van der Waals surface area contributed by atoms with Gasteiger partial charge in [0, 0.05) is 43.3 Å². The van der Waals surface area contributed by atoms with E-state index in [1.165, 1.54) is 0 Å². The van der Waals surface area contributed by atoms with E-state index in [0.29, 0.717) is 56.4 Å². The van der Waals surface area contributed by atoms with Crippen LogP contribution in [0.25, 0.3) is 22.2 Å². The van der Waals surface area contributed by atoms with E-state index in [4.69, 9.17) is 25.2 Å². The van der Waals surface area contributed by atoms with E-state index in [0.717, 1.165) is 35.4 Å². The number of amides is 2. The highest BCUT2D eigenvalue weighted by molar-refractivity contribution is 6.07. The molecule has 246 valence electrons. The van der Waals surface area contributed by atoms with Crippen molar-refractivity contribution in [1.29, 1.82) is 0 Å². The molecule has 0 aliphatic carbocycles. The molecular formula is C34H41N9O4. The molecule has 0 radical (unpaired) electrons. The van der Waals surface area contributed by atoms with E-state index >= 15 is 0 Å². The minimum atomic E-state index is -0.575. The summed E-state index contributed by atoms with van der Waals surface area (Å²) in [6, 6.07) is 13.7. The SMILES string of the molecule is CC1(NC(=O)OC(C)(C)C)CCN(c2cccnc2NC(=O)c2nc(-c3nc(N4CCOCC4)cc4ccccc34)cnc2N)CC1. The number of aromatic nitrogens is 4. The van der Waals surface area contributed by atoms with Crippen LogP contribution in [-0.4, -0.2) is 82.5 Å². The third-order valence-corrected chi connectivity index (χ3v) is 8.35. The fraction of sp³-hybridized carbons (Fsp3) is 0.412. The Bertz CT molecular complexity index is 1780. The maximum atomic E-state index is 13.7. The first-order valence-corrected chi connectivity index (χ1v) is 15.9. The number of piperidine rings is 1. The monoisotopic (exact) mass is 639 g/mol. The summed E-state index contributed by atoms with van der Waals surface area (Å²) < 4.78 is 11.0. The van der Waals surface area contributed by atoms with E-state index in [9.17, 15) is 9.59 Å². The molecule has 2 aliphatic heterocycles. The second-order valence-corrected chi connectivity index (χ2v) is 13.1. The van der Waals surface area contributed by atoms with Crippen molar-refractivity contribution < 1.29 is 19.1 Å². The van der Waals surface area contributed by atoms with Gasteiger partial charge in [-0.05, 0) is 64.1 Å². The van der Waals surface area contributed by atoms with Gasteiger partial charge in [0.15, 0.2) is 17.3 Å². The summed E-state index contributed by atoms with van der Waals surface area (Å²) in [7, 11) is 0. The van der Waals surface area contributed by atoms with Gasteiger partial charge in [-0.25, -0.2) is 24.7 Å². The number of hydrogen-bond acceptors (Lipinski definition) is 11. The molecule has 0 bridgehead atoms. The van der Waals surface area contributed by atoms with E-state index in [2.05, 4.69) is 36.5 Å². The lowest BCUT2D eigenvalue weighted by Crippen LogP contribution is -2.54. The van der Waals surface area contributed by atoms with Crippen molar-refractivity contribution in [1.82, 2.24) is 25.3 Å². The number of anilines is 4. The topological polar surface area (TPSA) is 161 Å². The summed E-state index contributed by atoms with van der Waals surface area (Å²) in [5, 5.41) is 7.84. The van der Waals surface area contributed by atoms with Gasteiger partial charge in [0.1, 0.15) is 22.8 Å². The number of pyridine rings is 2. The first-order valence-electron chi connectivity index (χ1n) is 15.9. The maximum Gasteiger partial charge on any atom is 0.408 e. The molecule has 0 atom stereocenters. The lowest BCUT2D eigenvalue weighted by atomic mass is 9.89. The largest absolute Gasteiger partial charge is 0.444 e. The minimum absolute atomic E-state index is 0.000623. The van der Waals surface area contributed by atoms with Crippen LogP contribution in [-0.2, 0) is 9.47 Å². The van der Waals surface area contributed by atoms with Gasteiger partial charge in [0.25, 0.3) is 5.91 Å². The van der Waals surface area contributed by atoms with Gasteiger partial charge in [-0.15, -0.1) is 0 Å². The lowest BCUT2D eigenvalue weighted by Gasteiger charge is -2.41. The molecule has 3 aromatic heterocycles. The van der Waals surface area contributed by atoms with Crippen molar-refractivity contribution in [3.8, 4) is 11.4 Å². The Morgan fingerprint density at radius 1 is 0.979 bits per heavy atom. The molecule has 1 aromatic carbocycles. The van der Waals surface area contributed by atoms with Gasteiger partial charge >= 0.3 is 6.09 Å². The number of fused-ring (bicyclic) bond motifs is 1. The highest BCUT2D eigenvalue weighted by atomic mass is 16.6. The maximum absolute atomic E-state index is 13.7. The molecule has 47 heavy (non-hydrogen) atoms. The molecule has 13 nitrogen and oxygen atoms in total. The van der Waals surface area contributed by atoms with Crippen LogP contribution in [0.4, 0.5) is 27.9 Å². The second kappa shape index (κ2) is 13.0. The third-order valence-electron chi connectivity index (χ3n) is 8.35. The zero-order valence-electron chi connectivity index (χ0n) is 27.2. The predicted molar refractivity (Wildman–Crippen MR) is 182 cm³/mol. The first-order chi connectivity index (χ1) is 22.5. The molecular weight excluding hydrogens is 598 g/mol. The Morgan fingerprint density at radius 2 is 1.72 bits per heavy atom. The molecule has 4 N–H and O–H groups in total. The average Bonchev–Trinajstić information content (AvgIpc) is 3.04. The van der Waals surface area contributed by atoms with Crippen molar-refractivity contribution in [3.05, 3.63) is 60.6 Å². The lowest BCUT2D eigenvalue weighted by molar-refractivity contribution is 0.0448. The van der Waals surface area contributed by atoms with Crippen molar-refractivity contribution >= 4 is 45.9 Å². The molecule has 5 heterocycles. The van der Waals surface area contributed by atoms with Crippen LogP contribution in [0, 0.1) is 0 Å². The molecule has 2 fully saturated rings.